The van der Waals surface area contributed by atoms with Crippen LogP contribution in [0.5, 0.6) is 0 Å². The first-order chi connectivity index (χ1) is 18.4. The molecule has 2 aliphatic heterocycles. The summed E-state index contributed by atoms with van der Waals surface area (Å²) in [6.45, 7) is 8.87. The molecule has 204 valence electrons. The zero-order valence-electron chi connectivity index (χ0n) is 22.2. The first kappa shape index (κ1) is 25.9. The molecule has 3 aromatic rings. The van der Waals surface area contributed by atoms with E-state index in [0.717, 1.165) is 29.1 Å². The van der Waals surface area contributed by atoms with Gasteiger partial charge in [0.15, 0.2) is 0 Å². The number of aromatic nitrogens is 5. The molecule has 3 N–H and O–H groups in total. The summed E-state index contributed by atoms with van der Waals surface area (Å²) in [5, 5.41) is 21.7. The van der Waals surface area contributed by atoms with E-state index < -0.39 is 0 Å². The molecule has 38 heavy (non-hydrogen) atoms. The molecule has 1 unspecified atom stereocenters. The van der Waals surface area contributed by atoms with Crippen LogP contribution in [-0.2, 0) is 4.74 Å². The van der Waals surface area contributed by atoms with Gasteiger partial charge in [-0.05, 0) is 20.3 Å². The van der Waals surface area contributed by atoms with Gasteiger partial charge in [-0.15, -0.1) is 0 Å². The summed E-state index contributed by atoms with van der Waals surface area (Å²) < 4.78 is 6.97. The van der Waals surface area contributed by atoms with E-state index in [-0.39, 0.29) is 18.2 Å². The summed E-state index contributed by atoms with van der Waals surface area (Å²) in [5.74, 6) is 2.58. The van der Waals surface area contributed by atoms with E-state index in [1.807, 2.05) is 23.0 Å². The Labute approximate surface area is 221 Å². The number of methoxy groups -OCH3 is 1. The van der Waals surface area contributed by atoms with Crippen molar-refractivity contribution in [3.8, 4) is 0 Å². The molecular formula is C25H36N10O3. The number of carbonyl (C=O) groups is 1. The van der Waals surface area contributed by atoms with E-state index in [0.29, 0.717) is 64.1 Å². The van der Waals surface area contributed by atoms with Gasteiger partial charge in [0, 0.05) is 82.7 Å². The van der Waals surface area contributed by atoms with Crippen molar-refractivity contribution >= 4 is 40.3 Å². The van der Waals surface area contributed by atoms with Crippen LogP contribution in [0.2, 0.25) is 0 Å². The second kappa shape index (κ2) is 11.4. The van der Waals surface area contributed by atoms with E-state index in [1.54, 1.807) is 18.2 Å². The Morgan fingerprint density at radius 2 is 1.87 bits per heavy atom. The van der Waals surface area contributed by atoms with Crippen molar-refractivity contribution in [1.82, 2.24) is 34.9 Å². The molecule has 0 aromatic carbocycles. The monoisotopic (exact) mass is 524 g/mol. The minimum Gasteiger partial charge on any atom is -0.391 e. The van der Waals surface area contributed by atoms with Gasteiger partial charge >= 0.3 is 6.03 Å². The van der Waals surface area contributed by atoms with Crippen LogP contribution in [-0.4, -0.2) is 106 Å². The standard InChI is InChI=1S/C25H36N10O3/c1-17(2)35-20-12-21(27-14-18(20)15-28-35)29-24-30-22(13-23(31-24)34-6-4-19(36)16-34)32-7-9-33(10-8-32)25(37)26-5-11-38-3/h12-15,17,19,36H,4-11,16H2,1-3H3,(H,26,37)(H,27,29,30,31). The molecule has 2 amide bonds. The van der Waals surface area contributed by atoms with Crippen LogP contribution < -0.4 is 20.4 Å². The highest BCUT2D eigenvalue weighted by atomic mass is 16.5. The highest BCUT2D eigenvalue weighted by Gasteiger charge is 2.26. The molecule has 2 aliphatic rings. The zero-order valence-corrected chi connectivity index (χ0v) is 22.2. The SMILES string of the molecule is COCCNC(=O)N1CCN(c2cc(N3CCC(O)C3)nc(Nc3cc4c(cn3)cnn4C(C)C)n2)CC1. The van der Waals surface area contributed by atoms with Crippen molar-refractivity contribution in [1.29, 1.82) is 0 Å². The molecule has 5 heterocycles. The number of rotatable bonds is 8. The number of β-amino-alcohol motifs (C(OH)–C–C–N with tert-alkyl or cyclic N) is 1. The van der Waals surface area contributed by atoms with Gasteiger partial charge in [0.05, 0.1) is 24.4 Å². The van der Waals surface area contributed by atoms with Gasteiger partial charge in [-0.3, -0.25) is 4.68 Å². The third kappa shape index (κ3) is 5.73. The van der Waals surface area contributed by atoms with Crippen molar-refractivity contribution in [2.45, 2.75) is 32.4 Å². The lowest BCUT2D eigenvalue weighted by Crippen LogP contribution is -2.52. The molecule has 0 aliphatic carbocycles. The van der Waals surface area contributed by atoms with Gasteiger partial charge < -0.3 is 35.2 Å². The summed E-state index contributed by atoms with van der Waals surface area (Å²) in [6, 6.07) is 4.05. The number of aliphatic hydroxyl groups excluding tert-OH is 1. The Morgan fingerprint density at radius 1 is 1.11 bits per heavy atom. The molecule has 2 saturated heterocycles. The molecule has 0 bridgehead atoms. The predicted octanol–water partition coefficient (Wildman–Crippen LogP) is 1.59. The molecule has 13 nitrogen and oxygen atoms in total. The first-order valence-electron chi connectivity index (χ1n) is 13.1. The molecular weight excluding hydrogens is 488 g/mol. The summed E-state index contributed by atoms with van der Waals surface area (Å²) in [7, 11) is 1.61. The van der Waals surface area contributed by atoms with Gasteiger partial charge in [0.1, 0.15) is 17.5 Å². The van der Waals surface area contributed by atoms with Gasteiger partial charge in [-0.25, -0.2) is 9.78 Å². The van der Waals surface area contributed by atoms with Crippen LogP contribution in [0.25, 0.3) is 10.9 Å². The highest BCUT2D eigenvalue weighted by molar-refractivity contribution is 5.81. The van der Waals surface area contributed by atoms with Crippen LogP contribution in [0, 0.1) is 0 Å². The van der Waals surface area contributed by atoms with Crippen LogP contribution >= 0.6 is 0 Å². The number of hydrogen-bond acceptors (Lipinski definition) is 10. The molecule has 0 spiro atoms. The number of hydrogen-bond donors (Lipinski definition) is 3. The van der Waals surface area contributed by atoms with Gasteiger partial charge in [0.25, 0.3) is 0 Å². The van der Waals surface area contributed by atoms with E-state index in [1.165, 1.54) is 0 Å². The van der Waals surface area contributed by atoms with Gasteiger partial charge in [-0.1, -0.05) is 0 Å². The number of piperazine rings is 1. The number of ether oxygens (including phenoxy) is 1. The van der Waals surface area contributed by atoms with Crippen molar-refractivity contribution in [2.24, 2.45) is 0 Å². The first-order valence-corrected chi connectivity index (χ1v) is 13.1. The van der Waals surface area contributed by atoms with Crippen LogP contribution in [0.4, 0.5) is 28.2 Å². The molecule has 0 saturated carbocycles. The van der Waals surface area contributed by atoms with Crippen molar-refractivity contribution in [2.75, 3.05) is 74.6 Å². The topological polar surface area (TPSA) is 137 Å². The Kier molecular flexibility index (Phi) is 7.74. The maximum atomic E-state index is 12.4. The van der Waals surface area contributed by atoms with E-state index in [9.17, 15) is 9.90 Å². The third-order valence-electron chi connectivity index (χ3n) is 6.87. The second-order valence-corrected chi connectivity index (χ2v) is 9.93. The minimum absolute atomic E-state index is 0.0828. The maximum absolute atomic E-state index is 12.4. The average Bonchev–Trinajstić information content (AvgIpc) is 3.55. The molecule has 2 fully saturated rings. The lowest BCUT2D eigenvalue weighted by molar-refractivity contribution is 0.177. The fourth-order valence-electron chi connectivity index (χ4n) is 4.80. The fourth-order valence-corrected chi connectivity index (χ4v) is 4.80. The number of nitrogens with one attached hydrogen (secondary N) is 2. The van der Waals surface area contributed by atoms with Crippen LogP contribution in [0.3, 0.4) is 0 Å². The number of pyridine rings is 1. The normalized spacial score (nSPS) is 18.0. The number of amides is 2. The summed E-state index contributed by atoms with van der Waals surface area (Å²) in [4.78, 5) is 32.6. The Balaban J connectivity index is 1.36. The number of carbonyl (C=O) groups excluding carboxylic acids is 1. The number of urea groups is 1. The van der Waals surface area contributed by atoms with Gasteiger partial charge in [0.2, 0.25) is 5.95 Å². The number of aliphatic hydroxyl groups is 1. The number of anilines is 4. The van der Waals surface area contributed by atoms with Crippen molar-refractivity contribution in [3.63, 3.8) is 0 Å². The van der Waals surface area contributed by atoms with E-state index in [2.05, 4.69) is 44.4 Å². The molecule has 1 atom stereocenters. The third-order valence-corrected chi connectivity index (χ3v) is 6.87. The lowest BCUT2D eigenvalue weighted by atomic mass is 10.3. The fraction of sp³-hybridized carbons (Fsp3) is 0.560. The lowest BCUT2D eigenvalue weighted by Gasteiger charge is -2.35. The number of nitrogens with zero attached hydrogens (tertiary/aromatic N) is 8. The smallest absolute Gasteiger partial charge is 0.317 e. The van der Waals surface area contributed by atoms with Crippen molar-refractivity contribution < 1.29 is 14.6 Å². The highest BCUT2D eigenvalue weighted by Crippen LogP contribution is 2.27. The summed E-state index contributed by atoms with van der Waals surface area (Å²) >= 11 is 0. The van der Waals surface area contributed by atoms with Crippen molar-refractivity contribution in [3.05, 3.63) is 24.5 Å². The molecule has 3 aromatic heterocycles. The van der Waals surface area contributed by atoms with Gasteiger partial charge in [-0.2, -0.15) is 15.1 Å². The Hall–Kier alpha value is -3.71. The Bertz CT molecular complexity index is 1260. The summed E-state index contributed by atoms with van der Waals surface area (Å²) in [6.07, 6.45) is 3.95. The summed E-state index contributed by atoms with van der Waals surface area (Å²) in [5.41, 5.74) is 0.983. The average molecular weight is 525 g/mol. The predicted molar refractivity (Wildman–Crippen MR) is 145 cm³/mol. The Morgan fingerprint density at radius 3 is 2.55 bits per heavy atom. The quantitative estimate of drug-likeness (QED) is 0.373. The number of fused-ring (bicyclic) bond motifs is 1. The van der Waals surface area contributed by atoms with Crippen LogP contribution in [0.1, 0.15) is 26.3 Å². The van der Waals surface area contributed by atoms with E-state index >= 15 is 0 Å². The van der Waals surface area contributed by atoms with E-state index in [4.69, 9.17) is 14.7 Å². The largest absolute Gasteiger partial charge is 0.391 e. The maximum Gasteiger partial charge on any atom is 0.317 e. The molecule has 0 radical (unpaired) electrons. The zero-order chi connectivity index (χ0) is 26.6. The minimum atomic E-state index is -0.370. The molecule has 5 rings (SSSR count). The molecule has 13 heteroatoms. The van der Waals surface area contributed by atoms with Crippen LogP contribution in [0.15, 0.2) is 24.5 Å². The second-order valence-electron chi connectivity index (χ2n) is 9.93.